The van der Waals surface area contributed by atoms with Gasteiger partial charge in [-0.1, -0.05) is 34.1 Å². The molecule has 1 N–H and O–H groups in total. The molecule has 0 aliphatic rings. The quantitative estimate of drug-likeness (QED) is 0.700. The Morgan fingerprint density at radius 1 is 1.42 bits per heavy atom. The lowest BCUT2D eigenvalue weighted by Crippen LogP contribution is -2.16. The van der Waals surface area contributed by atoms with Crippen molar-refractivity contribution in [2.75, 3.05) is 10.6 Å². The molecule has 120 valence electrons. The third kappa shape index (κ3) is 3.01. The Balaban J connectivity index is 2.11. The first-order chi connectivity index (χ1) is 11.6. The molecular weight excluding hydrogens is 370 g/mol. The zero-order valence-corrected chi connectivity index (χ0v) is 14.5. The Labute approximate surface area is 147 Å². The second-order valence-corrected chi connectivity index (χ2v) is 6.03. The fraction of sp³-hybridized carbons (Fsp3) is 0.176. The number of carbonyl (C=O) groups excluding carboxylic acids is 1. The number of anilines is 1. The summed E-state index contributed by atoms with van der Waals surface area (Å²) in [6.07, 6.45) is 1.73. The van der Waals surface area contributed by atoms with Crippen LogP contribution in [0.25, 0.3) is 16.7 Å². The molecular formula is C17H14BrN5O. The molecule has 0 fully saturated rings. The number of nitrogens with one attached hydrogen (secondary N) is 1. The molecule has 0 saturated heterocycles. The number of aryl methyl sites for hydroxylation is 1. The van der Waals surface area contributed by atoms with Crippen LogP contribution in [0.1, 0.15) is 17.5 Å². The summed E-state index contributed by atoms with van der Waals surface area (Å²) >= 11 is 3.23. The zero-order chi connectivity index (χ0) is 17.1. The molecule has 1 amide bonds. The molecule has 2 aromatic heterocycles. The van der Waals surface area contributed by atoms with E-state index in [1.165, 1.54) is 10.9 Å². The number of hydrogen-bond donors (Lipinski definition) is 1. The topological polar surface area (TPSA) is 83.6 Å². The Kier molecular flexibility index (Phi) is 4.58. The van der Waals surface area contributed by atoms with Gasteiger partial charge in [-0.2, -0.15) is 15.0 Å². The molecule has 0 spiro atoms. The van der Waals surface area contributed by atoms with E-state index >= 15 is 0 Å². The molecule has 3 rings (SSSR count). The number of para-hydroxylation sites is 1. The minimum Gasteiger partial charge on any atom is -0.309 e. The molecule has 2 heterocycles. The van der Waals surface area contributed by atoms with Crippen molar-refractivity contribution in [2.24, 2.45) is 0 Å². The molecule has 1 aromatic carbocycles. The molecule has 0 bridgehead atoms. The highest BCUT2D eigenvalue weighted by molar-refractivity contribution is 9.09. The van der Waals surface area contributed by atoms with Gasteiger partial charge in [-0.3, -0.25) is 4.79 Å². The second kappa shape index (κ2) is 6.81. The highest BCUT2D eigenvalue weighted by Gasteiger charge is 2.16. The van der Waals surface area contributed by atoms with E-state index in [9.17, 15) is 10.1 Å². The molecule has 0 aliphatic carbocycles. The van der Waals surface area contributed by atoms with Crippen LogP contribution in [0.2, 0.25) is 0 Å². The van der Waals surface area contributed by atoms with Crippen LogP contribution in [-0.4, -0.2) is 26.0 Å². The van der Waals surface area contributed by atoms with Crippen LogP contribution in [0.4, 0.5) is 5.82 Å². The van der Waals surface area contributed by atoms with Crippen LogP contribution in [0.15, 0.2) is 36.5 Å². The normalized spacial score (nSPS) is 10.5. The monoisotopic (exact) mass is 383 g/mol. The average Bonchev–Trinajstić information content (AvgIpc) is 2.97. The smallest absolute Gasteiger partial charge is 0.226 e. The number of benzene rings is 1. The van der Waals surface area contributed by atoms with Crippen molar-refractivity contribution in [3.63, 3.8) is 0 Å². The standard InChI is InChI=1S/C17H14BrN5O/c1-11-8-15(21-14-5-3-2-4-13(11)14)23-17(12(9-19)10-20-23)22-16(24)6-7-18/h2-5,8,10H,6-7H2,1H3,(H,22,24). The van der Waals surface area contributed by atoms with E-state index in [4.69, 9.17) is 0 Å². The summed E-state index contributed by atoms with van der Waals surface area (Å²) in [7, 11) is 0. The van der Waals surface area contributed by atoms with Crippen LogP contribution < -0.4 is 5.32 Å². The number of fused-ring (bicyclic) bond motifs is 1. The second-order valence-electron chi connectivity index (χ2n) is 5.23. The van der Waals surface area contributed by atoms with Gasteiger partial charge in [0, 0.05) is 17.1 Å². The zero-order valence-electron chi connectivity index (χ0n) is 13.0. The van der Waals surface area contributed by atoms with Crippen molar-refractivity contribution >= 4 is 38.6 Å². The van der Waals surface area contributed by atoms with Gasteiger partial charge in [0.05, 0.1) is 11.7 Å². The van der Waals surface area contributed by atoms with Crippen LogP contribution in [0.5, 0.6) is 0 Å². The number of hydrogen-bond acceptors (Lipinski definition) is 4. The maximum atomic E-state index is 11.9. The first-order valence-electron chi connectivity index (χ1n) is 7.34. The summed E-state index contributed by atoms with van der Waals surface area (Å²) in [5, 5.41) is 17.8. The van der Waals surface area contributed by atoms with Gasteiger partial charge in [0.15, 0.2) is 11.6 Å². The summed E-state index contributed by atoms with van der Waals surface area (Å²) in [5.41, 5.74) is 2.17. The maximum Gasteiger partial charge on any atom is 0.226 e. The van der Waals surface area contributed by atoms with Crippen LogP contribution in [0.3, 0.4) is 0 Å². The van der Waals surface area contributed by atoms with Crippen LogP contribution in [-0.2, 0) is 4.79 Å². The van der Waals surface area contributed by atoms with Gasteiger partial charge < -0.3 is 5.32 Å². The van der Waals surface area contributed by atoms with Gasteiger partial charge in [0.25, 0.3) is 0 Å². The number of alkyl halides is 1. The number of carbonyl (C=O) groups is 1. The lowest BCUT2D eigenvalue weighted by Gasteiger charge is -2.10. The number of rotatable bonds is 4. The third-order valence-corrected chi connectivity index (χ3v) is 3.99. The van der Waals surface area contributed by atoms with Crippen molar-refractivity contribution in [1.29, 1.82) is 5.26 Å². The lowest BCUT2D eigenvalue weighted by molar-refractivity contribution is -0.115. The molecule has 0 aliphatic heterocycles. The number of nitrogens with zero attached hydrogens (tertiary/aromatic N) is 4. The minimum absolute atomic E-state index is 0.192. The van der Waals surface area contributed by atoms with E-state index in [0.29, 0.717) is 29.0 Å². The lowest BCUT2D eigenvalue weighted by atomic mass is 10.1. The van der Waals surface area contributed by atoms with Gasteiger partial charge in [-0.25, -0.2) is 4.98 Å². The first kappa shape index (κ1) is 16.1. The first-order valence-corrected chi connectivity index (χ1v) is 8.47. The minimum atomic E-state index is -0.192. The van der Waals surface area contributed by atoms with Crippen molar-refractivity contribution in [1.82, 2.24) is 14.8 Å². The van der Waals surface area contributed by atoms with Gasteiger partial charge in [-0.05, 0) is 24.6 Å². The van der Waals surface area contributed by atoms with E-state index in [2.05, 4.69) is 31.3 Å². The Bertz CT molecular complexity index is 957. The molecule has 0 atom stereocenters. The molecule has 0 unspecified atom stereocenters. The highest BCUT2D eigenvalue weighted by Crippen LogP contribution is 2.23. The van der Waals surface area contributed by atoms with E-state index in [-0.39, 0.29) is 5.91 Å². The molecule has 6 nitrogen and oxygen atoms in total. The molecule has 0 saturated carbocycles. The summed E-state index contributed by atoms with van der Waals surface area (Å²) in [4.78, 5) is 16.5. The summed E-state index contributed by atoms with van der Waals surface area (Å²) in [6.45, 7) is 1.99. The van der Waals surface area contributed by atoms with Crippen molar-refractivity contribution in [3.05, 3.63) is 47.7 Å². The largest absolute Gasteiger partial charge is 0.309 e. The maximum absolute atomic E-state index is 11.9. The van der Waals surface area contributed by atoms with Crippen LogP contribution >= 0.6 is 15.9 Å². The van der Waals surface area contributed by atoms with Crippen molar-refractivity contribution in [2.45, 2.75) is 13.3 Å². The predicted octanol–water partition coefficient (Wildman–Crippen LogP) is 3.32. The molecule has 0 radical (unpaired) electrons. The number of pyridine rings is 1. The summed E-state index contributed by atoms with van der Waals surface area (Å²) in [5.74, 6) is 0.704. The van der Waals surface area contributed by atoms with Gasteiger partial charge in [-0.15, -0.1) is 0 Å². The van der Waals surface area contributed by atoms with Crippen molar-refractivity contribution in [3.8, 4) is 11.9 Å². The summed E-state index contributed by atoms with van der Waals surface area (Å²) < 4.78 is 1.49. The molecule has 3 aromatic rings. The number of nitriles is 1. The fourth-order valence-corrected chi connectivity index (χ4v) is 2.80. The summed E-state index contributed by atoms with van der Waals surface area (Å²) in [6, 6.07) is 11.7. The number of halogens is 1. The van der Waals surface area contributed by atoms with E-state index < -0.39 is 0 Å². The van der Waals surface area contributed by atoms with Gasteiger partial charge in [0.2, 0.25) is 5.91 Å². The Morgan fingerprint density at radius 3 is 2.96 bits per heavy atom. The average molecular weight is 384 g/mol. The molecule has 24 heavy (non-hydrogen) atoms. The Morgan fingerprint density at radius 2 is 2.21 bits per heavy atom. The number of aromatic nitrogens is 3. The SMILES string of the molecule is Cc1cc(-n2ncc(C#N)c2NC(=O)CCBr)nc2ccccc12. The molecule has 7 heteroatoms. The fourth-order valence-electron chi connectivity index (χ4n) is 2.44. The van der Waals surface area contributed by atoms with Crippen molar-refractivity contribution < 1.29 is 4.79 Å². The predicted molar refractivity (Wildman–Crippen MR) is 95.4 cm³/mol. The van der Waals surface area contributed by atoms with E-state index in [0.717, 1.165) is 16.5 Å². The van der Waals surface area contributed by atoms with Gasteiger partial charge >= 0.3 is 0 Å². The van der Waals surface area contributed by atoms with Gasteiger partial charge in [0.1, 0.15) is 11.6 Å². The van der Waals surface area contributed by atoms with E-state index in [1.54, 1.807) is 0 Å². The third-order valence-electron chi connectivity index (χ3n) is 3.60. The van der Waals surface area contributed by atoms with E-state index in [1.807, 2.05) is 43.3 Å². The highest BCUT2D eigenvalue weighted by atomic mass is 79.9. The number of amides is 1. The van der Waals surface area contributed by atoms with Crippen LogP contribution in [0, 0.1) is 18.3 Å². The Hall–Kier alpha value is -2.72.